The molecule has 0 radical (unpaired) electrons. The average molecular weight is 321 g/mol. The van der Waals surface area contributed by atoms with E-state index in [0.29, 0.717) is 10.4 Å². The fourth-order valence-corrected chi connectivity index (χ4v) is 2.70. The highest BCUT2D eigenvalue weighted by Gasteiger charge is 2.19. The van der Waals surface area contributed by atoms with E-state index in [1.807, 2.05) is 0 Å². The first-order valence-corrected chi connectivity index (χ1v) is 6.90. The van der Waals surface area contributed by atoms with Crippen molar-refractivity contribution in [2.24, 2.45) is 4.99 Å². The number of amidine groups is 1. The van der Waals surface area contributed by atoms with Crippen LogP contribution in [0.2, 0.25) is 0 Å². The lowest BCUT2D eigenvalue weighted by Crippen LogP contribution is -2.08. The van der Waals surface area contributed by atoms with Crippen LogP contribution in [-0.2, 0) is 0 Å². The van der Waals surface area contributed by atoms with Gasteiger partial charge >= 0.3 is 0 Å². The summed E-state index contributed by atoms with van der Waals surface area (Å²) in [5, 5.41) is 3.90. The maximum Gasteiger partial charge on any atom is 0.161 e. The van der Waals surface area contributed by atoms with Gasteiger partial charge in [-0.15, -0.1) is 0 Å². The van der Waals surface area contributed by atoms with Gasteiger partial charge in [0.05, 0.1) is 16.7 Å². The Morgan fingerprint density at radius 3 is 2.88 bits per heavy atom. The zero-order valence-corrected chi connectivity index (χ0v) is 11.5. The fraction of sp³-hybridized carbons (Fsp3) is 0.364. The Morgan fingerprint density at radius 1 is 1.47 bits per heavy atom. The molecule has 0 aromatic heterocycles. The van der Waals surface area contributed by atoms with Crippen molar-refractivity contribution in [2.45, 2.75) is 18.6 Å². The summed E-state index contributed by atoms with van der Waals surface area (Å²) in [4.78, 5) is 4.24. The minimum atomic E-state index is -0.499. The van der Waals surface area contributed by atoms with Crippen LogP contribution in [0.3, 0.4) is 0 Å². The number of benzene rings is 1. The number of rotatable bonds is 2. The molecule has 2 nitrogen and oxygen atoms in total. The Kier molecular flexibility index (Phi) is 4.04. The smallest absolute Gasteiger partial charge is 0.161 e. The highest BCUT2D eigenvalue weighted by molar-refractivity contribution is 9.10. The van der Waals surface area contributed by atoms with Gasteiger partial charge in [-0.3, -0.25) is 4.99 Å². The Hall–Kier alpha value is -0.620. The molecular formula is C11H11BrF2N2S. The minimum absolute atomic E-state index is 0.119. The van der Waals surface area contributed by atoms with E-state index in [1.165, 1.54) is 0 Å². The summed E-state index contributed by atoms with van der Waals surface area (Å²) in [5.74, 6) is -0.994. The van der Waals surface area contributed by atoms with Gasteiger partial charge in [-0.05, 0) is 28.4 Å². The molecule has 0 saturated carbocycles. The predicted molar refractivity (Wildman–Crippen MR) is 71.7 cm³/mol. The maximum atomic E-state index is 13.5. The second-order valence-electron chi connectivity index (χ2n) is 3.67. The van der Waals surface area contributed by atoms with Crippen LogP contribution in [0.25, 0.3) is 0 Å². The van der Waals surface area contributed by atoms with E-state index in [-0.39, 0.29) is 10.2 Å². The molecule has 1 aliphatic heterocycles. The van der Waals surface area contributed by atoms with Gasteiger partial charge in [0.2, 0.25) is 0 Å². The topological polar surface area (TPSA) is 24.4 Å². The van der Waals surface area contributed by atoms with Gasteiger partial charge < -0.3 is 5.32 Å². The Bertz CT molecular complexity index is 465. The van der Waals surface area contributed by atoms with Crippen LogP contribution in [0, 0.1) is 11.6 Å². The first-order chi connectivity index (χ1) is 8.10. The molecule has 2 rings (SSSR count). The van der Waals surface area contributed by atoms with Gasteiger partial charge in [0.25, 0.3) is 0 Å². The molecule has 0 amide bonds. The van der Waals surface area contributed by atoms with E-state index in [1.54, 1.807) is 11.8 Å². The van der Waals surface area contributed by atoms with Gasteiger partial charge in [0.1, 0.15) is 11.6 Å². The van der Waals surface area contributed by atoms with E-state index in [4.69, 9.17) is 0 Å². The van der Waals surface area contributed by atoms with Gasteiger partial charge in [0.15, 0.2) is 5.17 Å². The minimum Gasteiger partial charge on any atom is -0.332 e. The van der Waals surface area contributed by atoms with Gasteiger partial charge in [-0.25, -0.2) is 8.78 Å². The molecule has 1 aromatic carbocycles. The summed E-state index contributed by atoms with van der Waals surface area (Å²) >= 11 is 4.50. The zero-order valence-electron chi connectivity index (χ0n) is 9.14. The molecule has 1 unspecified atom stereocenters. The summed E-state index contributed by atoms with van der Waals surface area (Å²) in [6.07, 6.45) is 1.01. The third-order valence-electron chi connectivity index (χ3n) is 2.42. The van der Waals surface area contributed by atoms with Crippen molar-refractivity contribution in [3.05, 3.63) is 28.2 Å². The Labute approximate surface area is 111 Å². The SMILES string of the molecule is CCC1CN=C(Nc2cc(F)c(Br)cc2F)S1. The Morgan fingerprint density at radius 2 is 2.24 bits per heavy atom. The van der Waals surface area contributed by atoms with Crippen molar-refractivity contribution < 1.29 is 8.78 Å². The molecule has 1 aromatic rings. The van der Waals surface area contributed by atoms with Crippen molar-refractivity contribution in [3.63, 3.8) is 0 Å². The molecule has 0 saturated heterocycles. The van der Waals surface area contributed by atoms with Gasteiger partial charge in [-0.1, -0.05) is 18.7 Å². The lowest BCUT2D eigenvalue weighted by molar-refractivity contribution is 0.598. The van der Waals surface area contributed by atoms with Crippen LogP contribution in [0.5, 0.6) is 0 Å². The molecule has 6 heteroatoms. The van der Waals surface area contributed by atoms with E-state index < -0.39 is 11.6 Å². The number of nitrogens with one attached hydrogen (secondary N) is 1. The van der Waals surface area contributed by atoms with E-state index in [9.17, 15) is 8.78 Å². The molecule has 1 heterocycles. The highest BCUT2D eigenvalue weighted by Crippen LogP contribution is 2.28. The number of aliphatic imine (C=N–C) groups is 1. The lowest BCUT2D eigenvalue weighted by Gasteiger charge is -2.08. The van der Waals surface area contributed by atoms with Crippen molar-refractivity contribution in [3.8, 4) is 0 Å². The fourth-order valence-electron chi connectivity index (χ4n) is 1.43. The normalized spacial score (nSPS) is 19.3. The van der Waals surface area contributed by atoms with E-state index in [2.05, 4.69) is 33.2 Å². The summed E-state index contributed by atoms with van der Waals surface area (Å²) in [7, 11) is 0. The number of nitrogens with zero attached hydrogens (tertiary/aromatic N) is 1. The summed E-state index contributed by atoms with van der Waals surface area (Å²) < 4.78 is 26.9. The number of hydrogen-bond acceptors (Lipinski definition) is 3. The summed E-state index contributed by atoms with van der Waals surface area (Å²) in [6, 6.07) is 2.23. The second-order valence-corrected chi connectivity index (χ2v) is 5.81. The first kappa shape index (κ1) is 12.8. The molecular weight excluding hydrogens is 310 g/mol. The molecule has 1 N–H and O–H groups in total. The van der Waals surface area contributed by atoms with Crippen molar-refractivity contribution in [2.75, 3.05) is 11.9 Å². The van der Waals surface area contributed by atoms with E-state index in [0.717, 1.165) is 25.1 Å². The highest BCUT2D eigenvalue weighted by atomic mass is 79.9. The molecule has 0 fully saturated rings. The number of halogens is 3. The number of hydrogen-bond donors (Lipinski definition) is 1. The van der Waals surface area contributed by atoms with Crippen molar-refractivity contribution in [1.82, 2.24) is 0 Å². The maximum absolute atomic E-state index is 13.5. The third kappa shape index (κ3) is 2.98. The largest absolute Gasteiger partial charge is 0.332 e. The van der Waals surface area contributed by atoms with Crippen LogP contribution < -0.4 is 5.32 Å². The van der Waals surface area contributed by atoms with Crippen molar-refractivity contribution in [1.29, 1.82) is 0 Å². The molecule has 1 atom stereocenters. The third-order valence-corrected chi connectivity index (χ3v) is 4.30. The molecule has 0 aliphatic carbocycles. The van der Waals surface area contributed by atoms with Gasteiger partial charge in [0, 0.05) is 11.3 Å². The zero-order chi connectivity index (χ0) is 12.4. The van der Waals surface area contributed by atoms with Crippen LogP contribution in [0.1, 0.15) is 13.3 Å². The van der Waals surface area contributed by atoms with Crippen LogP contribution in [-0.4, -0.2) is 17.0 Å². The molecule has 0 spiro atoms. The monoisotopic (exact) mass is 320 g/mol. The number of thioether (sulfide) groups is 1. The predicted octanol–water partition coefficient (Wildman–Crippen LogP) is 4.02. The quantitative estimate of drug-likeness (QED) is 0.832. The van der Waals surface area contributed by atoms with E-state index >= 15 is 0 Å². The van der Waals surface area contributed by atoms with Crippen LogP contribution in [0.4, 0.5) is 14.5 Å². The summed E-state index contributed by atoms with van der Waals surface area (Å²) in [6.45, 7) is 2.81. The number of anilines is 1. The molecule has 17 heavy (non-hydrogen) atoms. The Balaban J connectivity index is 2.12. The molecule has 0 bridgehead atoms. The molecule has 1 aliphatic rings. The first-order valence-electron chi connectivity index (χ1n) is 5.22. The molecule has 92 valence electrons. The van der Waals surface area contributed by atoms with Crippen LogP contribution >= 0.6 is 27.7 Å². The van der Waals surface area contributed by atoms with Gasteiger partial charge in [-0.2, -0.15) is 0 Å². The second kappa shape index (κ2) is 5.35. The standard InChI is InChI=1S/C11H11BrF2N2S/c1-2-6-5-15-11(17-6)16-10-4-8(13)7(12)3-9(10)14/h3-4,6H,2,5H2,1H3,(H,15,16). The average Bonchev–Trinajstić information content (AvgIpc) is 2.73. The summed E-state index contributed by atoms with van der Waals surface area (Å²) in [5.41, 5.74) is 0.119. The van der Waals surface area contributed by atoms with Crippen LogP contribution in [0.15, 0.2) is 21.6 Å². The van der Waals surface area contributed by atoms with Crippen molar-refractivity contribution >= 4 is 38.5 Å². The lowest BCUT2D eigenvalue weighted by atomic mass is 10.3.